The van der Waals surface area contributed by atoms with E-state index in [0.29, 0.717) is 4.99 Å². The van der Waals surface area contributed by atoms with Crippen molar-refractivity contribution in [3.05, 3.63) is 33.8 Å². The summed E-state index contributed by atoms with van der Waals surface area (Å²) in [6, 6.07) is 6.35. The van der Waals surface area contributed by atoms with Gasteiger partial charge in [0.15, 0.2) is 0 Å². The van der Waals surface area contributed by atoms with Gasteiger partial charge in [0, 0.05) is 10.4 Å². The molecule has 1 atom stereocenters. The average Bonchev–Trinajstić information content (AvgIpc) is 2.11. The first-order valence-corrected chi connectivity index (χ1v) is 5.75. The Hall–Kier alpha value is -0.410. The van der Waals surface area contributed by atoms with Gasteiger partial charge in [0.1, 0.15) is 0 Å². The Labute approximate surface area is 98.8 Å². The maximum absolute atomic E-state index is 5.57. The quantitative estimate of drug-likeness (QED) is 0.855. The average molecular weight is 272 g/mol. The number of aryl methyl sites for hydroxylation is 1. The Bertz CT molecular complexity index is 349. The molecule has 0 amide bonds. The van der Waals surface area contributed by atoms with E-state index in [4.69, 9.17) is 18.0 Å². The maximum atomic E-state index is 5.57. The lowest BCUT2D eigenvalue weighted by molar-refractivity contribution is 0.771. The molecule has 0 radical (unpaired) electrons. The fourth-order valence-electron chi connectivity index (χ4n) is 1.22. The van der Waals surface area contributed by atoms with Gasteiger partial charge >= 0.3 is 0 Å². The molecule has 3 heteroatoms. The molecular weight excluding hydrogens is 258 g/mol. The van der Waals surface area contributed by atoms with Crippen LogP contribution in [0.5, 0.6) is 0 Å². The lowest BCUT2D eigenvalue weighted by Gasteiger charge is -2.10. The second-order valence-corrected chi connectivity index (χ2v) is 4.92. The molecule has 14 heavy (non-hydrogen) atoms. The Morgan fingerprint density at radius 3 is 2.71 bits per heavy atom. The second-order valence-electron chi connectivity index (χ2n) is 3.59. The molecule has 1 nitrogen and oxygen atoms in total. The zero-order valence-electron chi connectivity index (χ0n) is 8.38. The number of rotatable bonds is 3. The lowest BCUT2D eigenvalue weighted by atomic mass is 10.0. The summed E-state index contributed by atoms with van der Waals surface area (Å²) in [5.74, 6) is 0.264. The largest absolute Gasteiger partial charge is 0.393 e. The van der Waals surface area contributed by atoms with Crippen molar-refractivity contribution in [1.29, 1.82) is 0 Å². The number of hydrogen-bond donors (Lipinski definition) is 1. The number of nitrogens with two attached hydrogens (primary N) is 1. The van der Waals surface area contributed by atoms with Gasteiger partial charge in [-0.05, 0) is 30.5 Å². The molecule has 0 saturated heterocycles. The predicted octanol–water partition coefficient (Wildman–Crippen LogP) is 3.22. The van der Waals surface area contributed by atoms with Crippen molar-refractivity contribution in [3.63, 3.8) is 0 Å². The minimum Gasteiger partial charge on any atom is -0.393 e. The van der Waals surface area contributed by atoms with E-state index < -0.39 is 0 Å². The van der Waals surface area contributed by atoms with Crippen LogP contribution in [0, 0.1) is 12.8 Å². The van der Waals surface area contributed by atoms with Gasteiger partial charge in [0.25, 0.3) is 0 Å². The van der Waals surface area contributed by atoms with E-state index in [2.05, 4.69) is 48.0 Å². The van der Waals surface area contributed by atoms with Gasteiger partial charge in [-0.3, -0.25) is 0 Å². The zero-order chi connectivity index (χ0) is 10.7. The van der Waals surface area contributed by atoms with Gasteiger partial charge < -0.3 is 5.73 Å². The fraction of sp³-hybridized carbons (Fsp3) is 0.364. The predicted molar refractivity (Wildman–Crippen MR) is 68.5 cm³/mol. The van der Waals surface area contributed by atoms with Crippen molar-refractivity contribution in [3.8, 4) is 0 Å². The van der Waals surface area contributed by atoms with Crippen LogP contribution < -0.4 is 5.73 Å². The summed E-state index contributed by atoms with van der Waals surface area (Å²) >= 11 is 8.45. The summed E-state index contributed by atoms with van der Waals surface area (Å²) in [7, 11) is 0. The van der Waals surface area contributed by atoms with Gasteiger partial charge in [0.2, 0.25) is 0 Å². The Kier molecular flexibility index (Phi) is 4.08. The molecule has 0 aromatic heterocycles. The van der Waals surface area contributed by atoms with Crippen LogP contribution in [0.2, 0.25) is 0 Å². The first-order valence-electron chi connectivity index (χ1n) is 4.55. The van der Waals surface area contributed by atoms with E-state index in [1.165, 1.54) is 11.1 Å². The van der Waals surface area contributed by atoms with Crippen molar-refractivity contribution in [2.24, 2.45) is 11.7 Å². The SMILES string of the molecule is Cc1ccc(CC(C)C(N)=S)cc1Br. The van der Waals surface area contributed by atoms with Crippen molar-refractivity contribution in [2.75, 3.05) is 0 Å². The highest BCUT2D eigenvalue weighted by atomic mass is 79.9. The van der Waals surface area contributed by atoms with Crippen LogP contribution >= 0.6 is 28.1 Å². The van der Waals surface area contributed by atoms with Crippen LogP contribution in [0.1, 0.15) is 18.1 Å². The molecule has 1 unspecified atom stereocenters. The summed E-state index contributed by atoms with van der Waals surface area (Å²) in [5, 5.41) is 0. The van der Waals surface area contributed by atoms with Crippen molar-refractivity contribution in [2.45, 2.75) is 20.3 Å². The minimum atomic E-state index is 0.264. The second kappa shape index (κ2) is 4.89. The zero-order valence-corrected chi connectivity index (χ0v) is 10.8. The van der Waals surface area contributed by atoms with Crippen molar-refractivity contribution >= 4 is 33.1 Å². The van der Waals surface area contributed by atoms with Gasteiger partial charge in [-0.15, -0.1) is 0 Å². The molecule has 0 heterocycles. The van der Waals surface area contributed by atoms with E-state index >= 15 is 0 Å². The third-order valence-corrected chi connectivity index (χ3v) is 3.52. The van der Waals surface area contributed by atoms with Gasteiger partial charge in [-0.25, -0.2) is 0 Å². The van der Waals surface area contributed by atoms with Gasteiger partial charge in [0.05, 0.1) is 4.99 Å². The molecule has 2 N–H and O–H groups in total. The highest BCUT2D eigenvalue weighted by Gasteiger charge is 2.06. The molecule has 0 bridgehead atoms. The Morgan fingerprint density at radius 1 is 1.57 bits per heavy atom. The lowest BCUT2D eigenvalue weighted by Crippen LogP contribution is -2.20. The molecule has 0 aliphatic rings. The first kappa shape index (κ1) is 11.7. The molecule has 0 saturated carbocycles. The van der Waals surface area contributed by atoms with Crippen LogP contribution in [-0.2, 0) is 6.42 Å². The molecule has 0 aliphatic carbocycles. The summed E-state index contributed by atoms with van der Waals surface area (Å²) in [4.78, 5) is 0.585. The van der Waals surface area contributed by atoms with E-state index in [1.807, 2.05) is 0 Å². The molecular formula is C11H14BrNS. The third kappa shape index (κ3) is 3.07. The third-order valence-electron chi connectivity index (χ3n) is 2.26. The molecule has 1 aromatic carbocycles. The standard InChI is InChI=1S/C11H14BrNS/c1-7-3-4-9(6-10(7)12)5-8(2)11(13)14/h3-4,6,8H,5H2,1-2H3,(H2,13,14). The van der Waals surface area contributed by atoms with Crippen molar-refractivity contribution in [1.82, 2.24) is 0 Å². The number of hydrogen-bond acceptors (Lipinski definition) is 1. The summed E-state index contributed by atoms with van der Waals surface area (Å²) in [6.07, 6.45) is 0.911. The first-order chi connectivity index (χ1) is 6.50. The van der Waals surface area contributed by atoms with Gasteiger partial charge in [-0.1, -0.05) is 47.2 Å². The summed E-state index contributed by atoms with van der Waals surface area (Å²) in [6.45, 7) is 4.13. The number of thiocarbonyl (C=S) groups is 1. The molecule has 76 valence electrons. The number of halogens is 1. The molecule has 1 rings (SSSR count). The van der Waals surface area contributed by atoms with E-state index in [9.17, 15) is 0 Å². The summed E-state index contributed by atoms with van der Waals surface area (Å²) in [5.41, 5.74) is 8.08. The molecule has 1 aromatic rings. The van der Waals surface area contributed by atoms with Crippen LogP contribution in [0.15, 0.2) is 22.7 Å². The Morgan fingerprint density at radius 2 is 2.21 bits per heavy atom. The van der Waals surface area contributed by atoms with Crippen LogP contribution in [0.4, 0.5) is 0 Å². The Balaban J connectivity index is 2.78. The topological polar surface area (TPSA) is 26.0 Å². The minimum absolute atomic E-state index is 0.264. The smallest absolute Gasteiger partial charge is 0.0759 e. The highest BCUT2D eigenvalue weighted by molar-refractivity contribution is 9.10. The fourth-order valence-corrected chi connectivity index (χ4v) is 1.73. The van der Waals surface area contributed by atoms with Crippen LogP contribution in [0.3, 0.4) is 0 Å². The van der Waals surface area contributed by atoms with E-state index in [0.717, 1.165) is 10.9 Å². The molecule has 0 aliphatic heterocycles. The summed E-state index contributed by atoms with van der Waals surface area (Å²) < 4.78 is 1.14. The van der Waals surface area contributed by atoms with E-state index in [-0.39, 0.29) is 5.92 Å². The van der Waals surface area contributed by atoms with E-state index in [1.54, 1.807) is 0 Å². The molecule has 0 spiro atoms. The van der Waals surface area contributed by atoms with Crippen molar-refractivity contribution < 1.29 is 0 Å². The van der Waals surface area contributed by atoms with Crippen LogP contribution in [0.25, 0.3) is 0 Å². The van der Waals surface area contributed by atoms with Crippen LogP contribution in [-0.4, -0.2) is 4.99 Å². The monoisotopic (exact) mass is 271 g/mol. The number of benzene rings is 1. The molecule has 0 fully saturated rings. The highest BCUT2D eigenvalue weighted by Crippen LogP contribution is 2.19. The van der Waals surface area contributed by atoms with Gasteiger partial charge in [-0.2, -0.15) is 0 Å². The normalized spacial score (nSPS) is 12.5. The maximum Gasteiger partial charge on any atom is 0.0759 e.